The molecule has 1 atom stereocenters. The van der Waals surface area contributed by atoms with E-state index in [0.29, 0.717) is 16.9 Å². The number of nitrogens with two attached hydrogens (primary N) is 1. The summed E-state index contributed by atoms with van der Waals surface area (Å²) >= 11 is 0. The zero-order valence-corrected chi connectivity index (χ0v) is 17.3. The number of benzene rings is 2. The van der Waals surface area contributed by atoms with Gasteiger partial charge in [-0.25, -0.2) is 13.6 Å². The van der Waals surface area contributed by atoms with Crippen LogP contribution in [-0.4, -0.2) is 33.4 Å². The van der Waals surface area contributed by atoms with Crippen LogP contribution in [0.5, 0.6) is 5.75 Å². The standard InChI is InChI=1S/C20H25N3O5S/c1-13(2)18(23-19(24)15-7-9-16(28-3)10-8-15)20(25)22-12-14-5-4-6-17(11-14)29(21,26)27/h4-11,13,18H,12H2,1-3H3,(H,22,25)(H,23,24)(H2,21,26,27). The molecule has 2 aromatic rings. The van der Waals surface area contributed by atoms with Crippen molar-refractivity contribution in [3.05, 3.63) is 59.7 Å². The number of carbonyl (C=O) groups excluding carboxylic acids is 2. The largest absolute Gasteiger partial charge is 0.497 e. The summed E-state index contributed by atoms with van der Waals surface area (Å²) in [5.74, 6) is -0.282. The second-order valence-electron chi connectivity index (χ2n) is 6.83. The average molecular weight is 420 g/mol. The summed E-state index contributed by atoms with van der Waals surface area (Å²) in [5, 5.41) is 10.6. The van der Waals surface area contributed by atoms with E-state index >= 15 is 0 Å². The monoisotopic (exact) mass is 419 g/mol. The molecule has 2 amide bonds. The predicted molar refractivity (Wildman–Crippen MR) is 109 cm³/mol. The Kier molecular flexibility index (Phi) is 7.35. The van der Waals surface area contributed by atoms with Crippen molar-refractivity contribution in [2.24, 2.45) is 11.1 Å². The molecule has 0 heterocycles. The smallest absolute Gasteiger partial charge is 0.251 e. The number of nitrogens with one attached hydrogen (secondary N) is 2. The number of primary sulfonamides is 1. The summed E-state index contributed by atoms with van der Waals surface area (Å²) in [6.07, 6.45) is 0. The molecule has 156 valence electrons. The molecule has 0 bridgehead atoms. The van der Waals surface area contributed by atoms with Crippen LogP contribution >= 0.6 is 0 Å². The zero-order valence-electron chi connectivity index (χ0n) is 16.5. The lowest BCUT2D eigenvalue weighted by molar-refractivity contribution is -0.124. The van der Waals surface area contributed by atoms with Crippen LogP contribution in [0, 0.1) is 5.92 Å². The van der Waals surface area contributed by atoms with Gasteiger partial charge in [-0.1, -0.05) is 26.0 Å². The second kappa shape index (κ2) is 9.53. The number of methoxy groups -OCH3 is 1. The lowest BCUT2D eigenvalue weighted by Crippen LogP contribution is -2.49. The van der Waals surface area contributed by atoms with Crippen LogP contribution in [0.2, 0.25) is 0 Å². The fourth-order valence-corrected chi connectivity index (χ4v) is 3.22. The van der Waals surface area contributed by atoms with E-state index in [0.717, 1.165) is 0 Å². The van der Waals surface area contributed by atoms with Crippen molar-refractivity contribution in [1.82, 2.24) is 10.6 Å². The van der Waals surface area contributed by atoms with Gasteiger partial charge in [0, 0.05) is 12.1 Å². The van der Waals surface area contributed by atoms with Crippen molar-refractivity contribution in [1.29, 1.82) is 0 Å². The first-order valence-electron chi connectivity index (χ1n) is 8.96. The number of sulfonamides is 1. The Morgan fingerprint density at radius 2 is 1.76 bits per heavy atom. The average Bonchev–Trinajstić information content (AvgIpc) is 2.69. The van der Waals surface area contributed by atoms with Gasteiger partial charge in [0.2, 0.25) is 15.9 Å². The summed E-state index contributed by atoms with van der Waals surface area (Å²) in [4.78, 5) is 25.1. The minimum atomic E-state index is -3.82. The Bertz CT molecular complexity index is 972. The van der Waals surface area contributed by atoms with Gasteiger partial charge in [-0.05, 0) is 47.9 Å². The molecular weight excluding hydrogens is 394 g/mol. The lowest BCUT2D eigenvalue weighted by atomic mass is 10.0. The van der Waals surface area contributed by atoms with E-state index < -0.39 is 16.1 Å². The Balaban J connectivity index is 2.04. The minimum Gasteiger partial charge on any atom is -0.497 e. The van der Waals surface area contributed by atoms with E-state index in [4.69, 9.17) is 9.88 Å². The molecule has 2 aromatic carbocycles. The maximum absolute atomic E-state index is 12.6. The molecule has 4 N–H and O–H groups in total. The Morgan fingerprint density at radius 3 is 2.31 bits per heavy atom. The normalized spacial score (nSPS) is 12.3. The quantitative estimate of drug-likeness (QED) is 0.596. The zero-order chi connectivity index (χ0) is 21.6. The SMILES string of the molecule is COc1ccc(C(=O)NC(C(=O)NCc2cccc(S(N)(=O)=O)c2)C(C)C)cc1. The number of amides is 2. The fraction of sp³-hybridized carbons (Fsp3) is 0.300. The van der Waals surface area contributed by atoms with Gasteiger partial charge in [-0.15, -0.1) is 0 Å². The second-order valence-corrected chi connectivity index (χ2v) is 8.40. The Labute approximate surface area is 170 Å². The van der Waals surface area contributed by atoms with Gasteiger partial charge >= 0.3 is 0 Å². The topological polar surface area (TPSA) is 128 Å². The van der Waals surface area contributed by atoms with Crippen molar-refractivity contribution in [2.75, 3.05) is 7.11 Å². The fourth-order valence-electron chi connectivity index (χ4n) is 2.63. The van der Waals surface area contributed by atoms with Crippen molar-refractivity contribution in [3.8, 4) is 5.75 Å². The van der Waals surface area contributed by atoms with Gasteiger partial charge in [0.25, 0.3) is 5.91 Å². The maximum Gasteiger partial charge on any atom is 0.251 e. The number of rotatable bonds is 8. The molecule has 0 fully saturated rings. The Hall–Kier alpha value is -2.91. The molecule has 8 nitrogen and oxygen atoms in total. The van der Waals surface area contributed by atoms with E-state index in [9.17, 15) is 18.0 Å². The third kappa shape index (κ3) is 6.30. The summed E-state index contributed by atoms with van der Waals surface area (Å²) < 4.78 is 28.0. The number of hydrogen-bond acceptors (Lipinski definition) is 5. The van der Waals surface area contributed by atoms with Gasteiger partial charge in [0.05, 0.1) is 12.0 Å². The summed E-state index contributed by atoms with van der Waals surface area (Å²) in [6, 6.07) is 11.8. The molecule has 0 saturated heterocycles. The first kappa shape index (κ1) is 22.4. The van der Waals surface area contributed by atoms with E-state index in [2.05, 4.69) is 10.6 Å². The van der Waals surface area contributed by atoms with Gasteiger partial charge in [-0.2, -0.15) is 0 Å². The van der Waals surface area contributed by atoms with Gasteiger partial charge in [0.15, 0.2) is 0 Å². The van der Waals surface area contributed by atoms with Crippen LogP contribution in [0.1, 0.15) is 29.8 Å². The highest BCUT2D eigenvalue weighted by atomic mass is 32.2. The van der Waals surface area contributed by atoms with Crippen LogP contribution < -0.4 is 20.5 Å². The van der Waals surface area contributed by atoms with Crippen molar-refractivity contribution >= 4 is 21.8 Å². The molecule has 0 aliphatic carbocycles. The third-order valence-corrected chi connectivity index (χ3v) is 5.19. The Morgan fingerprint density at radius 1 is 1.10 bits per heavy atom. The summed E-state index contributed by atoms with van der Waals surface area (Å²) in [5.41, 5.74) is 0.985. The first-order valence-corrected chi connectivity index (χ1v) is 10.5. The van der Waals surface area contributed by atoms with Gasteiger partial charge in [0.1, 0.15) is 11.8 Å². The lowest BCUT2D eigenvalue weighted by Gasteiger charge is -2.22. The number of hydrogen-bond donors (Lipinski definition) is 3. The third-order valence-electron chi connectivity index (χ3n) is 4.28. The molecular formula is C20H25N3O5S. The summed E-state index contributed by atoms with van der Waals surface area (Å²) in [6.45, 7) is 3.74. The van der Waals surface area contributed by atoms with Crippen LogP contribution in [-0.2, 0) is 21.4 Å². The molecule has 0 radical (unpaired) electrons. The minimum absolute atomic E-state index is 0.0301. The van der Waals surface area contributed by atoms with E-state index in [1.54, 1.807) is 36.4 Å². The van der Waals surface area contributed by atoms with E-state index in [-0.39, 0.29) is 29.2 Å². The first-order chi connectivity index (χ1) is 13.6. The van der Waals surface area contributed by atoms with Crippen LogP contribution in [0.25, 0.3) is 0 Å². The molecule has 0 aromatic heterocycles. The van der Waals surface area contributed by atoms with Crippen LogP contribution in [0.3, 0.4) is 0 Å². The molecule has 29 heavy (non-hydrogen) atoms. The highest BCUT2D eigenvalue weighted by molar-refractivity contribution is 7.89. The maximum atomic E-state index is 12.6. The van der Waals surface area contributed by atoms with Crippen LogP contribution in [0.15, 0.2) is 53.4 Å². The molecule has 0 spiro atoms. The molecule has 0 saturated carbocycles. The molecule has 9 heteroatoms. The van der Waals surface area contributed by atoms with E-state index in [1.165, 1.54) is 19.2 Å². The molecule has 1 unspecified atom stereocenters. The molecule has 0 aliphatic rings. The van der Waals surface area contributed by atoms with E-state index in [1.807, 2.05) is 13.8 Å². The molecule has 0 aliphatic heterocycles. The summed E-state index contributed by atoms with van der Waals surface area (Å²) in [7, 11) is -2.29. The predicted octanol–water partition coefficient (Wildman–Crippen LogP) is 1.41. The van der Waals surface area contributed by atoms with Gasteiger partial charge in [-0.3, -0.25) is 9.59 Å². The van der Waals surface area contributed by atoms with Gasteiger partial charge < -0.3 is 15.4 Å². The van der Waals surface area contributed by atoms with Crippen molar-refractivity contribution in [2.45, 2.75) is 31.3 Å². The van der Waals surface area contributed by atoms with Crippen molar-refractivity contribution in [3.63, 3.8) is 0 Å². The number of ether oxygens (including phenoxy) is 1. The highest BCUT2D eigenvalue weighted by Crippen LogP contribution is 2.13. The number of carbonyl (C=O) groups is 2. The van der Waals surface area contributed by atoms with Crippen LogP contribution in [0.4, 0.5) is 0 Å². The highest BCUT2D eigenvalue weighted by Gasteiger charge is 2.24. The molecule has 2 rings (SSSR count). The van der Waals surface area contributed by atoms with Crippen molar-refractivity contribution < 1.29 is 22.7 Å².